The van der Waals surface area contributed by atoms with Gasteiger partial charge in [-0.2, -0.15) is 0 Å². The molecule has 0 aliphatic carbocycles. The molecule has 102 valence electrons. The van der Waals surface area contributed by atoms with Gasteiger partial charge in [-0.05, 0) is 31.6 Å². The van der Waals surface area contributed by atoms with Crippen molar-refractivity contribution in [1.29, 1.82) is 0 Å². The molecule has 0 bridgehead atoms. The van der Waals surface area contributed by atoms with Crippen molar-refractivity contribution in [3.05, 3.63) is 0 Å². The lowest BCUT2D eigenvalue weighted by Crippen LogP contribution is -2.64. The topological polar surface area (TPSA) is 15.3 Å². The molecule has 1 aliphatic rings. The Hall–Kier alpha value is -0.0800. The highest BCUT2D eigenvalue weighted by atomic mass is 15.3. The lowest BCUT2D eigenvalue weighted by molar-refractivity contribution is 0.0370. The maximum Gasteiger partial charge on any atom is 0.0252 e. The molecule has 1 atom stereocenters. The molecular weight excluding hydrogens is 208 g/mol. The number of hydrogen-bond donors (Lipinski definition) is 1. The second kappa shape index (κ2) is 5.27. The van der Waals surface area contributed by atoms with E-state index in [1.54, 1.807) is 0 Å². The Morgan fingerprint density at radius 3 is 2.41 bits per heavy atom. The smallest absolute Gasteiger partial charge is 0.0252 e. The monoisotopic (exact) mass is 240 g/mol. The van der Waals surface area contributed by atoms with Gasteiger partial charge in [0.2, 0.25) is 0 Å². The van der Waals surface area contributed by atoms with Crippen molar-refractivity contribution in [3.8, 4) is 0 Å². The van der Waals surface area contributed by atoms with Gasteiger partial charge in [0, 0.05) is 31.2 Å². The molecule has 2 heteroatoms. The predicted molar refractivity (Wildman–Crippen MR) is 76.4 cm³/mol. The Morgan fingerprint density at radius 1 is 1.35 bits per heavy atom. The standard InChI is InChI=1S/C15H32N2/c1-8-14(4,5)10-17-11-15(6,7)16-9-13(17)12(2)3/h12-13,16H,8-11H2,1-7H3. The minimum Gasteiger partial charge on any atom is -0.309 e. The molecule has 1 saturated heterocycles. The maximum absolute atomic E-state index is 3.68. The number of hydrogen-bond acceptors (Lipinski definition) is 2. The highest BCUT2D eigenvalue weighted by Crippen LogP contribution is 2.27. The number of nitrogens with zero attached hydrogens (tertiary/aromatic N) is 1. The predicted octanol–water partition coefficient (Wildman–Crippen LogP) is 3.13. The van der Waals surface area contributed by atoms with Gasteiger partial charge in [-0.3, -0.25) is 4.90 Å². The zero-order valence-corrected chi connectivity index (χ0v) is 12.9. The number of rotatable bonds is 4. The van der Waals surface area contributed by atoms with E-state index in [9.17, 15) is 0 Å². The van der Waals surface area contributed by atoms with Gasteiger partial charge in [0.25, 0.3) is 0 Å². The molecule has 0 radical (unpaired) electrons. The Kier molecular flexibility index (Phi) is 4.65. The van der Waals surface area contributed by atoms with Crippen LogP contribution in [0.2, 0.25) is 0 Å². The van der Waals surface area contributed by atoms with Gasteiger partial charge >= 0.3 is 0 Å². The average molecular weight is 240 g/mol. The number of nitrogens with one attached hydrogen (secondary N) is 1. The van der Waals surface area contributed by atoms with E-state index in [-0.39, 0.29) is 5.54 Å². The van der Waals surface area contributed by atoms with Crippen molar-refractivity contribution in [2.75, 3.05) is 19.6 Å². The zero-order valence-electron chi connectivity index (χ0n) is 12.9. The zero-order chi connectivity index (χ0) is 13.3. The highest BCUT2D eigenvalue weighted by molar-refractivity contribution is 4.94. The van der Waals surface area contributed by atoms with Crippen LogP contribution in [-0.2, 0) is 0 Å². The van der Waals surface area contributed by atoms with Crippen molar-refractivity contribution in [2.24, 2.45) is 11.3 Å². The molecule has 0 saturated carbocycles. The first kappa shape index (κ1) is 15.0. The molecule has 1 unspecified atom stereocenters. The Balaban J connectivity index is 2.74. The molecule has 1 aliphatic heterocycles. The summed E-state index contributed by atoms with van der Waals surface area (Å²) in [5, 5.41) is 3.68. The average Bonchev–Trinajstić information content (AvgIpc) is 2.15. The van der Waals surface area contributed by atoms with Gasteiger partial charge in [0.1, 0.15) is 0 Å². The summed E-state index contributed by atoms with van der Waals surface area (Å²) in [4.78, 5) is 2.71. The SMILES string of the molecule is CCC(C)(C)CN1CC(C)(C)NCC1C(C)C. The Labute approximate surface area is 108 Å². The molecule has 0 aromatic heterocycles. The summed E-state index contributed by atoms with van der Waals surface area (Å²) < 4.78 is 0. The lowest BCUT2D eigenvalue weighted by Gasteiger charge is -2.48. The third kappa shape index (κ3) is 4.26. The highest BCUT2D eigenvalue weighted by Gasteiger charge is 2.35. The van der Waals surface area contributed by atoms with Crippen molar-refractivity contribution < 1.29 is 0 Å². The van der Waals surface area contributed by atoms with Crippen LogP contribution in [0, 0.1) is 11.3 Å². The summed E-state index contributed by atoms with van der Waals surface area (Å²) in [5.74, 6) is 0.728. The quantitative estimate of drug-likeness (QED) is 0.812. The molecule has 0 amide bonds. The third-order valence-electron chi connectivity index (χ3n) is 4.21. The van der Waals surface area contributed by atoms with Crippen LogP contribution in [0.3, 0.4) is 0 Å². The van der Waals surface area contributed by atoms with Gasteiger partial charge in [-0.1, -0.05) is 34.6 Å². The van der Waals surface area contributed by atoms with E-state index in [1.165, 1.54) is 19.5 Å². The first-order chi connectivity index (χ1) is 7.67. The molecule has 0 aromatic rings. The van der Waals surface area contributed by atoms with E-state index in [0.29, 0.717) is 11.5 Å². The van der Waals surface area contributed by atoms with E-state index in [0.717, 1.165) is 12.5 Å². The minimum absolute atomic E-state index is 0.259. The molecular formula is C15H32N2. The molecule has 1 fully saturated rings. The summed E-state index contributed by atoms with van der Waals surface area (Å²) >= 11 is 0. The van der Waals surface area contributed by atoms with Crippen LogP contribution in [0.25, 0.3) is 0 Å². The fourth-order valence-electron chi connectivity index (χ4n) is 2.68. The Morgan fingerprint density at radius 2 is 1.94 bits per heavy atom. The summed E-state index contributed by atoms with van der Waals surface area (Å²) in [6.45, 7) is 19.9. The number of piperazine rings is 1. The second-order valence-corrected chi connectivity index (χ2v) is 7.50. The second-order valence-electron chi connectivity index (χ2n) is 7.50. The summed E-state index contributed by atoms with van der Waals surface area (Å²) in [5.41, 5.74) is 0.690. The van der Waals surface area contributed by atoms with E-state index < -0.39 is 0 Å². The van der Waals surface area contributed by atoms with Gasteiger partial charge in [-0.25, -0.2) is 0 Å². The fraction of sp³-hybridized carbons (Fsp3) is 1.00. The Bertz CT molecular complexity index is 243. The van der Waals surface area contributed by atoms with Crippen molar-refractivity contribution in [3.63, 3.8) is 0 Å². The van der Waals surface area contributed by atoms with Crippen LogP contribution in [0.5, 0.6) is 0 Å². The van der Waals surface area contributed by atoms with Gasteiger partial charge in [0.05, 0.1) is 0 Å². The molecule has 2 nitrogen and oxygen atoms in total. The molecule has 1 heterocycles. The van der Waals surface area contributed by atoms with Gasteiger partial charge < -0.3 is 5.32 Å². The third-order valence-corrected chi connectivity index (χ3v) is 4.21. The molecule has 1 N–H and O–H groups in total. The summed E-state index contributed by atoms with van der Waals surface area (Å²) in [6, 6.07) is 0.689. The molecule has 1 rings (SSSR count). The van der Waals surface area contributed by atoms with Crippen molar-refractivity contribution in [1.82, 2.24) is 10.2 Å². The first-order valence-electron chi connectivity index (χ1n) is 7.16. The minimum atomic E-state index is 0.259. The van der Waals surface area contributed by atoms with Crippen molar-refractivity contribution in [2.45, 2.75) is 66.5 Å². The van der Waals surface area contributed by atoms with Gasteiger partial charge in [0.15, 0.2) is 0 Å². The molecule has 17 heavy (non-hydrogen) atoms. The summed E-state index contributed by atoms with van der Waals surface area (Å²) in [7, 11) is 0. The fourth-order valence-corrected chi connectivity index (χ4v) is 2.68. The van der Waals surface area contributed by atoms with Crippen molar-refractivity contribution >= 4 is 0 Å². The van der Waals surface area contributed by atoms with Crippen LogP contribution in [0.15, 0.2) is 0 Å². The van der Waals surface area contributed by atoms with Crippen LogP contribution in [0.4, 0.5) is 0 Å². The first-order valence-corrected chi connectivity index (χ1v) is 7.16. The molecule has 0 aromatic carbocycles. The van der Waals surface area contributed by atoms with E-state index >= 15 is 0 Å². The van der Waals surface area contributed by atoms with Gasteiger partial charge in [-0.15, -0.1) is 0 Å². The normalized spacial score (nSPS) is 26.5. The van der Waals surface area contributed by atoms with E-state index in [1.807, 2.05) is 0 Å². The maximum atomic E-state index is 3.68. The molecule has 0 spiro atoms. The largest absolute Gasteiger partial charge is 0.309 e. The van der Waals surface area contributed by atoms with E-state index in [4.69, 9.17) is 0 Å². The van der Waals surface area contributed by atoms with Crippen LogP contribution >= 0.6 is 0 Å². The lowest BCUT2D eigenvalue weighted by atomic mass is 9.86. The van der Waals surface area contributed by atoms with Crippen LogP contribution in [-0.4, -0.2) is 36.1 Å². The summed E-state index contributed by atoms with van der Waals surface area (Å²) in [6.07, 6.45) is 1.25. The van der Waals surface area contributed by atoms with E-state index in [2.05, 4.69) is 58.7 Å². The van der Waals surface area contributed by atoms with Crippen LogP contribution < -0.4 is 5.32 Å². The van der Waals surface area contributed by atoms with Crippen LogP contribution in [0.1, 0.15) is 54.9 Å².